The van der Waals surface area contributed by atoms with Crippen molar-refractivity contribution in [2.75, 3.05) is 11.6 Å². The number of nitrogens with zero attached hydrogens (tertiary/aromatic N) is 1. The molecule has 64 valence electrons. The van der Waals surface area contributed by atoms with Gasteiger partial charge in [-0.1, -0.05) is 12.1 Å². The Hall–Kier alpha value is -1.22. The molecule has 1 atom stereocenters. The van der Waals surface area contributed by atoms with Crippen LogP contribution in [0, 0.1) is 0 Å². The first-order valence-corrected chi connectivity index (χ1v) is 4.05. The first-order valence-electron chi connectivity index (χ1n) is 4.05. The zero-order chi connectivity index (χ0) is 8.55. The van der Waals surface area contributed by atoms with Gasteiger partial charge in [0.05, 0.1) is 12.2 Å². The van der Waals surface area contributed by atoms with Gasteiger partial charge in [0.25, 0.3) is 0 Å². The lowest BCUT2D eigenvalue weighted by atomic mass is 10.2. The van der Waals surface area contributed by atoms with Crippen LogP contribution in [0.3, 0.4) is 0 Å². The molecule has 1 aliphatic rings. The fourth-order valence-corrected chi connectivity index (χ4v) is 1.42. The molecule has 0 bridgehead atoms. The number of hydrazine groups is 1. The summed E-state index contributed by atoms with van der Waals surface area (Å²) in [6, 6.07) is 7.80. The minimum Gasteiger partial charge on any atom is -0.487 e. The summed E-state index contributed by atoms with van der Waals surface area (Å²) in [5, 5.41) is 1.73. The van der Waals surface area contributed by atoms with E-state index >= 15 is 0 Å². The van der Waals surface area contributed by atoms with E-state index in [-0.39, 0.29) is 6.10 Å². The first-order chi connectivity index (χ1) is 5.77. The Kier molecular flexibility index (Phi) is 1.66. The summed E-state index contributed by atoms with van der Waals surface area (Å²) in [6.07, 6.45) is 0.171. The molecule has 2 rings (SSSR count). The van der Waals surface area contributed by atoms with Gasteiger partial charge in [-0.05, 0) is 19.1 Å². The van der Waals surface area contributed by atoms with Crippen LogP contribution in [-0.4, -0.2) is 12.6 Å². The highest BCUT2D eigenvalue weighted by atomic mass is 16.5. The fraction of sp³-hybridized carbons (Fsp3) is 0.333. The van der Waals surface area contributed by atoms with Gasteiger partial charge < -0.3 is 9.75 Å². The number of hydrogen-bond donors (Lipinski definition) is 1. The largest absolute Gasteiger partial charge is 0.487 e. The number of para-hydroxylation sites is 2. The van der Waals surface area contributed by atoms with Crippen molar-refractivity contribution in [3.63, 3.8) is 0 Å². The lowest BCUT2D eigenvalue weighted by molar-refractivity contribution is 0.213. The molecule has 0 radical (unpaired) electrons. The second-order valence-corrected chi connectivity index (χ2v) is 3.05. The SMILES string of the molecule is CC1CN(N)c2ccccc2O1. The number of fused-ring (bicyclic) bond motifs is 1. The Labute approximate surface area is 71.7 Å². The molecule has 1 unspecified atom stereocenters. The van der Waals surface area contributed by atoms with Crippen LogP contribution in [-0.2, 0) is 0 Å². The summed E-state index contributed by atoms with van der Waals surface area (Å²) in [4.78, 5) is 0. The molecule has 0 spiro atoms. The summed E-state index contributed by atoms with van der Waals surface area (Å²) < 4.78 is 5.58. The molecule has 1 aromatic carbocycles. The second kappa shape index (κ2) is 2.68. The molecule has 3 nitrogen and oxygen atoms in total. The lowest BCUT2D eigenvalue weighted by Crippen LogP contribution is -2.42. The average molecular weight is 164 g/mol. The van der Waals surface area contributed by atoms with Crippen LogP contribution in [0.5, 0.6) is 5.75 Å². The number of ether oxygens (including phenoxy) is 1. The normalized spacial score (nSPS) is 21.5. The van der Waals surface area contributed by atoms with Gasteiger partial charge in [0.2, 0.25) is 0 Å². The molecule has 0 amide bonds. The van der Waals surface area contributed by atoms with E-state index in [2.05, 4.69) is 0 Å². The van der Waals surface area contributed by atoms with Gasteiger partial charge in [-0.15, -0.1) is 0 Å². The molecule has 1 aromatic rings. The third-order valence-corrected chi connectivity index (χ3v) is 1.96. The maximum atomic E-state index is 5.79. The van der Waals surface area contributed by atoms with Gasteiger partial charge in [-0.25, -0.2) is 5.84 Å². The van der Waals surface area contributed by atoms with Crippen LogP contribution < -0.4 is 15.6 Å². The van der Waals surface area contributed by atoms with E-state index in [1.807, 2.05) is 31.2 Å². The molecule has 0 aromatic heterocycles. The quantitative estimate of drug-likeness (QED) is 0.584. The minimum atomic E-state index is 0.171. The minimum absolute atomic E-state index is 0.171. The fourth-order valence-electron chi connectivity index (χ4n) is 1.42. The van der Waals surface area contributed by atoms with Crippen molar-refractivity contribution in [1.82, 2.24) is 0 Å². The molecular formula is C9H12N2O. The third-order valence-electron chi connectivity index (χ3n) is 1.96. The molecule has 0 aliphatic carbocycles. The molecule has 0 saturated carbocycles. The van der Waals surface area contributed by atoms with Crippen LogP contribution in [0.2, 0.25) is 0 Å². The van der Waals surface area contributed by atoms with Gasteiger partial charge in [0.15, 0.2) is 0 Å². The summed E-state index contributed by atoms with van der Waals surface area (Å²) in [5.74, 6) is 6.66. The Morgan fingerprint density at radius 3 is 3.08 bits per heavy atom. The van der Waals surface area contributed by atoms with Crippen molar-refractivity contribution in [2.45, 2.75) is 13.0 Å². The topological polar surface area (TPSA) is 38.5 Å². The summed E-state index contributed by atoms with van der Waals surface area (Å²) in [5.41, 5.74) is 0.968. The van der Waals surface area contributed by atoms with Gasteiger partial charge in [0.1, 0.15) is 11.9 Å². The summed E-state index contributed by atoms with van der Waals surface area (Å²) in [7, 11) is 0. The standard InChI is InChI=1S/C9H12N2O/c1-7-6-11(10)8-4-2-3-5-9(8)12-7/h2-5,7H,6,10H2,1H3. The van der Waals surface area contributed by atoms with Crippen molar-refractivity contribution < 1.29 is 4.74 Å². The molecular weight excluding hydrogens is 152 g/mol. The zero-order valence-corrected chi connectivity index (χ0v) is 7.03. The van der Waals surface area contributed by atoms with Crippen LogP contribution in [0.15, 0.2) is 24.3 Å². The highest BCUT2D eigenvalue weighted by Gasteiger charge is 2.19. The van der Waals surface area contributed by atoms with E-state index in [0.717, 1.165) is 18.0 Å². The zero-order valence-electron chi connectivity index (χ0n) is 7.03. The molecule has 3 heteroatoms. The highest BCUT2D eigenvalue weighted by Crippen LogP contribution is 2.30. The van der Waals surface area contributed by atoms with Crippen molar-refractivity contribution >= 4 is 5.69 Å². The number of nitrogens with two attached hydrogens (primary N) is 1. The Morgan fingerprint density at radius 1 is 1.50 bits per heavy atom. The molecule has 0 saturated heterocycles. The maximum absolute atomic E-state index is 5.79. The number of benzene rings is 1. The third kappa shape index (κ3) is 1.12. The molecule has 2 N–H and O–H groups in total. The van der Waals surface area contributed by atoms with Gasteiger partial charge in [0, 0.05) is 0 Å². The Balaban J connectivity index is 2.40. The van der Waals surface area contributed by atoms with E-state index in [1.165, 1.54) is 0 Å². The average Bonchev–Trinajstić information content (AvgIpc) is 2.04. The van der Waals surface area contributed by atoms with E-state index in [9.17, 15) is 0 Å². The monoisotopic (exact) mass is 164 g/mol. The molecule has 12 heavy (non-hydrogen) atoms. The second-order valence-electron chi connectivity index (χ2n) is 3.05. The van der Waals surface area contributed by atoms with Crippen LogP contribution >= 0.6 is 0 Å². The van der Waals surface area contributed by atoms with Gasteiger partial charge in [-0.2, -0.15) is 0 Å². The maximum Gasteiger partial charge on any atom is 0.144 e. The highest BCUT2D eigenvalue weighted by molar-refractivity contribution is 5.58. The van der Waals surface area contributed by atoms with Gasteiger partial charge in [-0.3, -0.25) is 0 Å². The molecule has 1 aliphatic heterocycles. The first kappa shape index (κ1) is 7.43. The van der Waals surface area contributed by atoms with Crippen LogP contribution in [0.4, 0.5) is 5.69 Å². The Bertz CT molecular complexity index is 288. The van der Waals surface area contributed by atoms with Gasteiger partial charge >= 0.3 is 0 Å². The van der Waals surface area contributed by atoms with Crippen molar-refractivity contribution in [2.24, 2.45) is 5.84 Å². The van der Waals surface area contributed by atoms with Crippen molar-refractivity contribution in [3.05, 3.63) is 24.3 Å². The van der Waals surface area contributed by atoms with Crippen molar-refractivity contribution in [1.29, 1.82) is 0 Å². The van der Waals surface area contributed by atoms with E-state index in [4.69, 9.17) is 10.6 Å². The predicted octanol–water partition coefficient (Wildman–Crippen LogP) is 1.15. The Morgan fingerprint density at radius 2 is 2.25 bits per heavy atom. The van der Waals surface area contributed by atoms with E-state index < -0.39 is 0 Å². The number of rotatable bonds is 0. The van der Waals surface area contributed by atoms with E-state index in [1.54, 1.807) is 5.01 Å². The number of hydrogen-bond acceptors (Lipinski definition) is 3. The molecule has 0 fully saturated rings. The van der Waals surface area contributed by atoms with Crippen LogP contribution in [0.25, 0.3) is 0 Å². The van der Waals surface area contributed by atoms with Crippen molar-refractivity contribution in [3.8, 4) is 5.75 Å². The van der Waals surface area contributed by atoms with E-state index in [0.29, 0.717) is 0 Å². The van der Waals surface area contributed by atoms with Crippen LogP contribution in [0.1, 0.15) is 6.92 Å². The summed E-state index contributed by atoms with van der Waals surface area (Å²) in [6.45, 7) is 2.76. The lowest BCUT2D eigenvalue weighted by Gasteiger charge is -2.31. The molecule has 1 heterocycles. The predicted molar refractivity (Wildman–Crippen MR) is 48.1 cm³/mol. The summed E-state index contributed by atoms with van der Waals surface area (Å²) >= 11 is 0. The smallest absolute Gasteiger partial charge is 0.144 e. The number of anilines is 1.